The maximum Gasteiger partial charge on any atom is 0.326 e. The Labute approximate surface area is 167 Å². The van der Waals surface area contributed by atoms with Crippen molar-refractivity contribution in [2.75, 3.05) is 26.2 Å². The number of hydrogen-bond acceptors (Lipinski definition) is 6. The summed E-state index contributed by atoms with van der Waals surface area (Å²) in [7, 11) is 0. The van der Waals surface area contributed by atoms with Crippen molar-refractivity contribution in [1.82, 2.24) is 10.6 Å². The van der Waals surface area contributed by atoms with Gasteiger partial charge in [-0.3, -0.25) is 4.79 Å². The molecule has 0 saturated carbocycles. The van der Waals surface area contributed by atoms with Gasteiger partial charge in [-0.25, -0.2) is 4.79 Å². The molecule has 2 atom stereocenters. The first kappa shape index (κ1) is 25.8. The van der Waals surface area contributed by atoms with Gasteiger partial charge < -0.3 is 31.3 Å². The van der Waals surface area contributed by atoms with Crippen LogP contribution in [0.5, 0.6) is 5.75 Å². The average molecular weight is 398 g/mol. The van der Waals surface area contributed by atoms with Gasteiger partial charge in [0.15, 0.2) is 6.61 Å². The lowest BCUT2D eigenvalue weighted by Gasteiger charge is -2.14. The Kier molecular flexibility index (Phi) is 14.6. The van der Waals surface area contributed by atoms with Gasteiger partial charge in [0.1, 0.15) is 11.8 Å². The van der Waals surface area contributed by atoms with Gasteiger partial charge in [0.05, 0.1) is 6.10 Å². The van der Waals surface area contributed by atoms with Crippen LogP contribution in [0.25, 0.3) is 0 Å². The first-order valence-electron chi connectivity index (χ1n) is 9.73. The van der Waals surface area contributed by atoms with Crippen molar-refractivity contribution in [3.8, 4) is 5.75 Å². The molecule has 1 saturated heterocycles. The second-order valence-electron chi connectivity index (χ2n) is 6.14. The number of nitrogens with two attached hydrogens (primary N) is 1. The van der Waals surface area contributed by atoms with Crippen LogP contribution < -0.4 is 21.1 Å². The van der Waals surface area contributed by atoms with E-state index in [0.29, 0.717) is 25.1 Å². The van der Waals surface area contributed by atoms with Crippen LogP contribution in [-0.4, -0.2) is 60.5 Å². The first-order valence-corrected chi connectivity index (χ1v) is 9.73. The zero-order valence-corrected chi connectivity index (χ0v) is 17.1. The monoisotopic (exact) mass is 397 g/mol. The van der Waals surface area contributed by atoms with E-state index in [1.165, 1.54) is 0 Å². The van der Waals surface area contributed by atoms with Gasteiger partial charge in [0.2, 0.25) is 0 Å². The number of ether oxygens (including phenoxy) is 1. The van der Waals surface area contributed by atoms with E-state index in [1.54, 1.807) is 12.1 Å². The number of aliphatic hydroxyl groups is 1. The number of aryl methyl sites for hydroxylation is 1. The maximum absolute atomic E-state index is 11.6. The zero-order valence-electron chi connectivity index (χ0n) is 17.1. The minimum atomic E-state index is -1.07. The van der Waals surface area contributed by atoms with Crippen LogP contribution in [0.2, 0.25) is 0 Å². The predicted molar refractivity (Wildman–Crippen MR) is 109 cm³/mol. The molecule has 8 nitrogen and oxygen atoms in total. The summed E-state index contributed by atoms with van der Waals surface area (Å²) < 4.78 is 5.28. The molecule has 0 bridgehead atoms. The highest BCUT2D eigenvalue weighted by molar-refractivity contribution is 5.84. The largest absolute Gasteiger partial charge is 0.484 e. The second-order valence-corrected chi connectivity index (χ2v) is 6.14. The van der Waals surface area contributed by atoms with Crippen molar-refractivity contribution in [1.29, 1.82) is 0 Å². The Morgan fingerprint density at radius 3 is 2.39 bits per heavy atom. The summed E-state index contributed by atoms with van der Waals surface area (Å²) in [6, 6.07) is 6.33. The molecule has 1 aromatic carbocycles. The van der Waals surface area contributed by atoms with E-state index in [1.807, 2.05) is 32.9 Å². The van der Waals surface area contributed by atoms with Crippen molar-refractivity contribution in [3.05, 3.63) is 29.8 Å². The number of carboxylic acids is 1. The fourth-order valence-electron chi connectivity index (χ4n) is 2.24. The number of carboxylic acid groups (broad SMARTS) is 1. The first-order chi connectivity index (χ1) is 13.4. The summed E-state index contributed by atoms with van der Waals surface area (Å²) in [5.74, 6) is -0.961. The summed E-state index contributed by atoms with van der Waals surface area (Å²) in [5, 5.41) is 23.1. The number of carbonyl (C=O) groups is 2. The number of rotatable bonds is 8. The molecule has 0 spiro atoms. The van der Waals surface area contributed by atoms with Crippen LogP contribution >= 0.6 is 0 Å². The average Bonchev–Trinajstić information content (AvgIpc) is 3.17. The third-order valence-electron chi connectivity index (χ3n) is 3.76. The van der Waals surface area contributed by atoms with Gasteiger partial charge in [0.25, 0.3) is 5.91 Å². The molecule has 8 heteroatoms. The molecule has 0 radical (unpaired) electrons. The fraction of sp³-hybridized carbons (Fsp3) is 0.600. The Balaban J connectivity index is 0.000000759. The molecule has 6 N–H and O–H groups in total. The van der Waals surface area contributed by atoms with Crippen molar-refractivity contribution in [2.24, 2.45) is 5.73 Å². The van der Waals surface area contributed by atoms with E-state index in [4.69, 9.17) is 20.7 Å². The van der Waals surface area contributed by atoms with Crippen molar-refractivity contribution >= 4 is 11.9 Å². The Morgan fingerprint density at radius 2 is 1.96 bits per heavy atom. The summed E-state index contributed by atoms with van der Waals surface area (Å²) in [6.07, 6.45) is 1.71. The molecule has 1 aliphatic rings. The van der Waals surface area contributed by atoms with Crippen molar-refractivity contribution in [2.45, 2.75) is 52.2 Å². The van der Waals surface area contributed by atoms with Crippen molar-refractivity contribution in [3.63, 3.8) is 0 Å². The lowest BCUT2D eigenvalue weighted by atomic mass is 10.1. The number of aliphatic hydroxyl groups excluding tert-OH is 1. The van der Waals surface area contributed by atoms with E-state index in [2.05, 4.69) is 10.6 Å². The van der Waals surface area contributed by atoms with Crippen LogP contribution in [0.3, 0.4) is 0 Å². The molecule has 2 rings (SSSR count). The summed E-state index contributed by atoms with van der Waals surface area (Å²) in [6.45, 7) is 7.90. The number of benzene rings is 1. The standard InChI is InChI=1S/C14H20N2O4.C4H9NO.C2H6/c1-10-4-6-11(7-5-10)20-9-13(17)16-12(14(18)19)3-2-8-15;6-4-1-2-5-3-4;1-2/h4-7,12H,2-3,8-9,15H2,1H3,(H,16,17)(H,18,19);4-6H,1-3H2;1-2H3/t12-;4-;/m01./s1. The van der Waals surface area contributed by atoms with Crippen LogP contribution in [-0.2, 0) is 9.59 Å². The number of β-amino-alcohol motifs (C(OH)–C–C–N with tert-alkyl or cyclic N) is 1. The molecule has 1 aliphatic heterocycles. The fourth-order valence-corrected chi connectivity index (χ4v) is 2.24. The molecule has 160 valence electrons. The topological polar surface area (TPSA) is 134 Å². The smallest absolute Gasteiger partial charge is 0.326 e. The molecule has 1 aromatic rings. The molecule has 28 heavy (non-hydrogen) atoms. The number of nitrogens with one attached hydrogen (secondary N) is 2. The number of aliphatic carboxylic acids is 1. The van der Waals surface area contributed by atoms with Crippen LogP contribution in [0.4, 0.5) is 0 Å². The van der Waals surface area contributed by atoms with Crippen LogP contribution in [0.15, 0.2) is 24.3 Å². The Hall–Kier alpha value is -2.16. The van der Waals surface area contributed by atoms with Gasteiger partial charge in [-0.2, -0.15) is 0 Å². The summed E-state index contributed by atoms with van der Waals surface area (Å²) in [5.41, 5.74) is 6.42. The normalized spacial score (nSPS) is 16.0. The predicted octanol–water partition coefficient (Wildman–Crippen LogP) is 1.05. The molecular weight excluding hydrogens is 362 g/mol. The molecule has 0 unspecified atom stereocenters. The SMILES string of the molecule is CC.Cc1ccc(OCC(=O)N[C@@H](CCCN)C(=O)O)cc1.O[C@@H]1CCNC1. The maximum atomic E-state index is 11.6. The van der Waals surface area contributed by atoms with Crippen LogP contribution in [0, 0.1) is 6.92 Å². The van der Waals surface area contributed by atoms with Crippen LogP contribution in [0.1, 0.15) is 38.7 Å². The lowest BCUT2D eigenvalue weighted by molar-refractivity contribution is -0.142. The van der Waals surface area contributed by atoms with E-state index in [-0.39, 0.29) is 12.7 Å². The van der Waals surface area contributed by atoms with Crippen molar-refractivity contribution < 1.29 is 24.5 Å². The number of hydrogen-bond donors (Lipinski definition) is 5. The van der Waals surface area contributed by atoms with E-state index in [0.717, 1.165) is 25.1 Å². The van der Waals surface area contributed by atoms with Gasteiger partial charge >= 0.3 is 5.97 Å². The number of amides is 1. The summed E-state index contributed by atoms with van der Waals surface area (Å²) in [4.78, 5) is 22.6. The highest BCUT2D eigenvalue weighted by Gasteiger charge is 2.19. The molecule has 1 amide bonds. The lowest BCUT2D eigenvalue weighted by Crippen LogP contribution is -2.43. The number of carbonyl (C=O) groups excluding carboxylic acids is 1. The quantitative estimate of drug-likeness (QED) is 0.443. The zero-order chi connectivity index (χ0) is 21.4. The molecule has 0 aliphatic carbocycles. The third-order valence-corrected chi connectivity index (χ3v) is 3.76. The van der Waals surface area contributed by atoms with Gasteiger partial charge in [-0.05, 0) is 51.4 Å². The molecule has 1 fully saturated rings. The van der Waals surface area contributed by atoms with Gasteiger partial charge in [-0.15, -0.1) is 0 Å². The van der Waals surface area contributed by atoms with Gasteiger partial charge in [0, 0.05) is 6.54 Å². The van der Waals surface area contributed by atoms with E-state index in [9.17, 15) is 9.59 Å². The van der Waals surface area contributed by atoms with E-state index < -0.39 is 17.9 Å². The molecule has 0 aromatic heterocycles. The van der Waals surface area contributed by atoms with E-state index >= 15 is 0 Å². The Bertz CT molecular complexity index is 545. The molecule has 1 heterocycles. The molecular formula is C20H35N3O5. The third kappa shape index (κ3) is 12.3. The minimum Gasteiger partial charge on any atom is -0.484 e. The second kappa shape index (κ2) is 15.9. The minimum absolute atomic E-state index is 0.0648. The highest BCUT2D eigenvalue weighted by Crippen LogP contribution is 2.11. The van der Waals surface area contributed by atoms with Gasteiger partial charge in [-0.1, -0.05) is 31.5 Å². The Morgan fingerprint density at radius 1 is 1.32 bits per heavy atom. The highest BCUT2D eigenvalue weighted by atomic mass is 16.5. The summed E-state index contributed by atoms with van der Waals surface area (Å²) >= 11 is 0.